The summed E-state index contributed by atoms with van der Waals surface area (Å²) in [6, 6.07) is 8.48. The van der Waals surface area contributed by atoms with Crippen LogP contribution in [-0.4, -0.2) is 37.0 Å². The van der Waals surface area contributed by atoms with E-state index in [1.807, 2.05) is 13.8 Å². The van der Waals surface area contributed by atoms with E-state index in [0.29, 0.717) is 12.1 Å². The largest absolute Gasteiger partial charge is 0.449 e. The van der Waals surface area contributed by atoms with Crippen LogP contribution in [0.25, 0.3) is 0 Å². The Balaban J connectivity index is 0.00000277. The first-order valence-corrected chi connectivity index (χ1v) is 8.77. The number of carbonyl (C=O) groups excluding carboxylic acids is 3. The van der Waals surface area contributed by atoms with E-state index in [0.717, 1.165) is 0 Å². The van der Waals surface area contributed by atoms with Gasteiger partial charge >= 0.3 is 5.97 Å². The summed E-state index contributed by atoms with van der Waals surface area (Å²) in [7, 11) is 0. The van der Waals surface area contributed by atoms with Gasteiger partial charge < -0.3 is 15.4 Å². The van der Waals surface area contributed by atoms with Crippen LogP contribution >= 0.6 is 0 Å². The lowest BCUT2D eigenvalue weighted by Gasteiger charge is -2.18. The van der Waals surface area contributed by atoms with Gasteiger partial charge in [-0.15, -0.1) is 0 Å². The molecule has 0 aliphatic heterocycles. The van der Waals surface area contributed by atoms with Gasteiger partial charge in [-0.05, 0) is 19.1 Å². The number of amides is 2. The fraction of sp³-hybridized carbons (Fsp3) is 0.526. The highest BCUT2D eigenvalue weighted by atomic mass is 16.5. The zero-order chi connectivity index (χ0) is 19.2. The first kappa shape index (κ1) is 22.6. The molecule has 0 aliphatic rings. The van der Waals surface area contributed by atoms with Gasteiger partial charge in [0.05, 0.1) is 5.56 Å². The zero-order valence-corrected chi connectivity index (χ0v) is 15.8. The van der Waals surface area contributed by atoms with Gasteiger partial charge in [0.2, 0.25) is 5.91 Å². The molecular weight excluding hydrogens is 320 g/mol. The molecule has 1 atom stereocenters. The van der Waals surface area contributed by atoms with Gasteiger partial charge in [0.15, 0.2) is 6.10 Å². The highest BCUT2D eigenvalue weighted by Crippen LogP contribution is 2.07. The number of carbonyl (C=O) groups is 3. The number of ether oxygens (including phenoxy) is 1. The Hall–Kier alpha value is -2.37. The van der Waals surface area contributed by atoms with Gasteiger partial charge in [-0.3, -0.25) is 9.59 Å². The summed E-state index contributed by atoms with van der Waals surface area (Å²) in [4.78, 5) is 35.6. The molecule has 6 heteroatoms. The van der Waals surface area contributed by atoms with Crippen LogP contribution in [0.3, 0.4) is 0 Å². The molecular formula is C19H30N2O4. The second-order valence-electron chi connectivity index (χ2n) is 5.39. The third-order valence-electron chi connectivity index (χ3n) is 3.13. The molecule has 140 valence electrons. The molecule has 2 amide bonds. The predicted octanol–water partition coefficient (Wildman–Crippen LogP) is 2.54. The van der Waals surface area contributed by atoms with E-state index in [-0.39, 0.29) is 30.7 Å². The van der Waals surface area contributed by atoms with Gasteiger partial charge in [-0.1, -0.05) is 45.9 Å². The molecule has 0 aliphatic carbocycles. The van der Waals surface area contributed by atoms with Gasteiger partial charge in [-0.2, -0.15) is 0 Å². The Kier molecular flexibility index (Phi) is 11.8. The number of hydrogen-bond acceptors (Lipinski definition) is 4. The van der Waals surface area contributed by atoms with E-state index < -0.39 is 12.1 Å². The first-order chi connectivity index (χ1) is 12.0. The fourth-order valence-corrected chi connectivity index (χ4v) is 1.83. The second-order valence-corrected chi connectivity index (χ2v) is 5.39. The Morgan fingerprint density at radius 2 is 1.60 bits per heavy atom. The van der Waals surface area contributed by atoms with E-state index in [2.05, 4.69) is 10.6 Å². The van der Waals surface area contributed by atoms with E-state index in [1.54, 1.807) is 51.1 Å². The zero-order valence-electron chi connectivity index (χ0n) is 15.8. The van der Waals surface area contributed by atoms with Crippen molar-refractivity contribution in [1.82, 2.24) is 10.6 Å². The summed E-state index contributed by atoms with van der Waals surface area (Å²) >= 11 is 0. The van der Waals surface area contributed by atoms with Crippen LogP contribution in [0.5, 0.6) is 0 Å². The molecule has 0 heterocycles. The number of likely N-dealkylation sites (N-methyl/N-ethyl adjacent to an activating group) is 1. The maximum absolute atomic E-state index is 12.1. The normalized spacial score (nSPS) is 11.0. The molecule has 6 nitrogen and oxygen atoms in total. The molecule has 0 bridgehead atoms. The highest BCUT2D eigenvalue weighted by Gasteiger charge is 2.23. The van der Waals surface area contributed by atoms with Crippen LogP contribution in [0.2, 0.25) is 0 Å². The third-order valence-corrected chi connectivity index (χ3v) is 3.13. The SMILES string of the molecule is CC.CCNC(=O)C(CCNC(=O)C(C)C)OC(=O)c1ccccc1. The molecule has 2 N–H and O–H groups in total. The monoisotopic (exact) mass is 350 g/mol. The topological polar surface area (TPSA) is 84.5 Å². The van der Waals surface area contributed by atoms with Gasteiger partial charge in [-0.25, -0.2) is 4.79 Å². The first-order valence-electron chi connectivity index (χ1n) is 8.77. The molecule has 0 spiro atoms. The molecule has 0 fully saturated rings. The quantitative estimate of drug-likeness (QED) is 0.706. The van der Waals surface area contributed by atoms with Gasteiger partial charge in [0.1, 0.15) is 0 Å². The Bertz CT molecular complexity index is 529. The van der Waals surface area contributed by atoms with E-state index >= 15 is 0 Å². The van der Waals surface area contributed by atoms with Crippen molar-refractivity contribution in [3.8, 4) is 0 Å². The minimum absolute atomic E-state index is 0.103. The van der Waals surface area contributed by atoms with Crippen LogP contribution in [0.15, 0.2) is 30.3 Å². The van der Waals surface area contributed by atoms with Crippen molar-refractivity contribution in [3.63, 3.8) is 0 Å². The third kappa shape index (κ3) is 8.88. The fourth-order valence-electron chi connectivity index (χ4n) is 1.83. The Morgan fingerprint density at radius 3 is 2.12 bits per heavy atom. The Morgan fingerprint density at radius 1 is 1.00 bits per heavy atom. The minimum atomic E-state index is -0.935. The molecule has 0 radical (unpaired) electrons. The van der Waals surface area contributed by atoms with Crippen molar-refractivity contribution in [2.75, 3.05) is 13.1 Å². The predicted molar refractivity (Wildman–Crippen MR) is 98.1 cm³/mol. The number of nitrogens with one attached hydrogen (secondary N) is 2. The van der Waals surface area contributed by atoms with Crippen molar-refractivity contribution in [1.29, 1.82) is 0 Å². The summed E-state index contributed by atoms with van der Waals surface area (Å²) in [5.41, 5.74) is 0.382. The molecule has 1 aromatic rings. The average Bonchev–Trinajstić information content (AvgIpc) is 2.63. The summed E-state index contributed by atoms with van der Waals surface area (Å²) < 4.78 is 5.29. The molecule has 0 aromatic heterocycles. The lowest BCUT2D eigenvalue weighted by Crippen LogP contribution is -2.40. The van der Waals surface area contributed by atoms with Crippen LogP contribution in [-0.2, 0) is 14.3 Å². The number of rotatable bonds is 8. The molecule has 0 saturated carbocycles. The molecule has 25 heavy (non-hydrogen) atoms. The average molecular weight is 350 g/mol. The summed E-state index contributed by atoms with van der Waals surface area (Å²) in [5, 5.41) is 5.35. The van der Waals surface area contributed by atoms with E-state index in [1.165, 1.54) is 0 Å². The van der Waals surface area contributed by atoms with Crippen molar-refractivity contribution < 1.29 is 19.1 Å². The molecule has 1 aromatic carbocycles. The lowest BCUT2D eigenvalue weighted by atomic mass is 10.2. The highest BCUT2D eigenvalue weighted by molar-refractivity contribution is 5.92. The summed E-state index contributed by atoms with van der Waals surface area (Å²) in [6.45, 7) is 10.1. The minimum Gasteiger partial charge on any atom is -0.449 e. The van der Waals surface area contributed by atoms with Crippen LogP contribution in [0, 0.1) is 5.92 Å². The number of esters is 1. The maximum Gasteiger partial charge on any atom is 0.338 e. The van der Waals surface area contributed by atoms with Gasteiger partial charge in [0.25, 0.3) is 5.91 Å². The van der Waals surface area contributed by atoms with E-state index in [4.69, 9.17) is 4.74 Å². The smallest absolute Gasteiger partial charge is 0.338 e. The van der Waals surface area contributed by atoms with Crippen LogP contribution in [0.4, 0.5) is 0 Å². The van der Waals surface area contributed by atoms with Crippen LogP contribution in [0.1, 0.15) is 51.4 Å². The molecule has 1 rings (SSSR count). The summed E-state index contributed by atoms with van der Waals surface area (Å²) in [6.07, 6.45) is -0.710. The molecule has 1 unspecified atom stereocenters. The van der Waals surface area contributed by atoms with Crippen molar-refractivity contribution in [2.45, 2.75) is 47.1 Å². The van der Waals surface area contributed by atoms with Crippen molar-refractivity contribution in [3.05, 3.63) is 35.9 Å². The van der Waals surface area contributed by atoms with Crippen molar-refractivity contribution >= 4 is 17.8 Å². The second kappa shape index (κ2) is 13.0. The maximum atomic E-state index is 12.1. The number of benzene rings is 1. The standard InChI is InChI=1S/C17H24N2O4.C2H6/c1-4-18-16(21)14(10-11-19-15(20)12(2)3)23-17(22)13-8-6-5-7-9-13;1-2/h5-9,12,14H,4,10-11H2,1-3H3,(H,18,21)(H,19,20);1-2H3. The number of hydrogen-bond donors (Lipinski definition) is 2. The molecule has 0 saturated heterocycles. The lowest BCUT2D eigenvalue weighted by molar-refractivity contribution is -0.130. The van der Waals surface area contributed by atoms with E-state index in [9.17, 15) is 14.4 Å². The summed E-state index contributed by atoms with van der Waals surface area (Å²) in [5.74, 6) is -1.16. The van der Waals surface area contributed by atoms with Crippen molar-refractivity contribution in [2.24, 2.45) is 5.92 Å². The Labute approximate surface area is 150 Å². The van der Waals surface area contributed by atoms with Gasteiger partial charge in [0, 0.05) is 25.4 Å². The van der Waals surface area contributed by atoms with Crippen LogP contribution < -0.4 is 10.6 Å².